The molecule has 0 heterocycles. The van der Waals surface area contributed by atoms with Crippen LogP contribution in [0.5, 0.6) is 5.75 Å². The Morgan fingerprint density at radius 1 is 1.10 bits per heavy atom. The van der Waals surface area contributed by atoms with E-state index in [0.717, 1.165) is 11.3 Å². The van der Waals surface area contributed by atoms with Crippen molar-refractivity contribution in [2.24, 2.45) is 0 Å². The summed E-state index contributed by atoms with van der Waals surface area (Å²) in [4.78, 5) is 0. The third-order valence-corrected chi connectivity index (χ3v) is 3.25. The lowest BCUT2D eigenvalue weighted by Gasteiger charge is -2.19. The van der Waals surface area contributed by atoms with Crippen LogP contribution in [0.3, 0.4) is 0 Å². The zero-order valence-electron chi connectivity index (χ0n) is 13.3. The molecule has 0 aromatic heterocycles. The predicted molar refractivity (Wildman–Crippen MR) is 82.7 cm³/mol. The first-order valence-corrected chi connectivity index (χ1v) is 7.22. The molecule has 0 radical (unpaired) electrons. The number of benzene rings is 1. The average Bonchev–Trinajstić information content (AvgIpc) is 2.51. The fraction of sp³-hybridized carbons (Fsp3) is 0.625. The minimum absolute atomic E-state index is 0.0105. The van der Waals surface area contributed by atoms with Crippen molar-refractivity contribution in [3.8, 4) is 5.75 Å². The van der Waals surface area contributed by atoms with Crippen molar-refractivity contribution in [2.75, 3.05) is 34.0 Å². The topological polar surface area (TPSA) is 60.0 Å². The van der Waals surface area contributed by atoms with E-state index in [1.807, 2.05) is 31.2 Å². The summed E-state index contributed by atoms with van der Waals surface area (Å²) in [6, 6.07) is 8.04. The summed E-state index contributed by atoms with van der Waals surface area (Å²) in [6.07, 6.45) is -0.548. The minimum Gasteiger partial charge on any atom is -0.497 e. The number of hydrogen-bond acceptors (Lipinski definition) is 5. The van der Waals surface area contributed by atoms with Gasteiger partial charge in [-0.3, -0.25) is 0 Å². The van der Waals surface area contributed by atoms with Crippen LogP contribution in [0.4, 0.5) is 0 Å². The molecule has 0 saturated heterocycles. The van der Waals surface area contributed by atoms with Gasteiger partial charge in [-0.2, -0.15) is 0 Å². The molecular weight excluding hydrogens is 270 g/mol. The lowest BCUT2D eigenvalue weighted by Crippen LogP contribution is -2.33. The number of aliphatic hydroxyl groups is 1. The van der Waals surface area contributed by atoms with Gasteiger partial charge >= 0.3 is 0 Å². The van der Waals surface area contributed by atoms with Crippen LogP contribution >= 0.6 is 0 Å². The maximum atomic E-state index is 9.90. The summed E-state index contributed by atoms with van der Waals surface area (Å²) in [5.41, 5.74) is 1.15. The van der Waals surface area contributed by atoms with Gasteiger partial charge in [-0.25, -0.2) is 0 Å². The Hall–Kier alpha value is -1.14. The largest absolute Gasteiger partial charge is 0.497 e. The number of nitrogens with one attached hydrogen (secondary N) is 1. The van der Waals surface area contributed by atoms with E-state index in [-0.39, 0.29) is 12.1 Å². The molecule has 5 nitrogen and oxygen atoms in total. The first-order valence-electron chi connectivity index (χ1n) is 7.22. The molecule has 0 saturated carbocycles. The summed E-state index contributed by atoms with van der Waals surface area (Å²) in [5, 5.41) is 13.2. The second-order valence-corrected chi connectivity index (χ2v) is 5.16. The summed E-state index contributed by atoms with van der Waals surface area (Å²) in [5.74, 6) is 0.839. The summed E-state index contributed by atoms with van der Waals surface area (Å²) < 4.78 is 15.6. The van der Waals surface area contributed by atoms with Crippen LogP contribution in [0, 0.1) is 0 Å². The van der Waals surface area contributed by atoms with Crippen molar-refractivity contribution in [2.45, 2.75) is 32.1 Å². The molecule has 1 aromatic rings. The quantitative estimate of drug-likeness (QED) is 0.689. The Kier molecular flexibility index (Phi) is 8.30. The van der Waals surface area contributed by atoms with E-state index in [2.05, 4.69) is 12.2 Å². The lowest BCUT2D eigenvalue weighted by molar-refractivity contribution is -0.0315. The highest BCUT2D eigenvalue weighted by Crippen LogP contribution is 2.17. The smallest absolute Gasteiger partial charge is 0.118 e. The molecule has 0 aliphatic rings. The lowest BCUT2D eigenvalue weighted by atomic mass is 10.1. The van der Waals surface area contributed by atoms with E-state index in [4.69, 9.17) is 14.2 Å². The molecule has 0 aliphatic carbocycles. The number of hydrogen-bond donors (Lipinski definition) is 2. The third kappa shape index (κ3) is 6.91. The number of methoxy groups -OCH3 is 2. The molecule has 0 aliphatic heterocycles. The molecular formula is C16H27NO4. The fourth-order valence-corrected chi connectivity index (χ4v) is 1.94. The van der Waals surface area contributed by atoms with Gasteiger partial charge in [0.2, 0.25) is 0 Å². The zero-order valence-corrected chi connectivity index (χ0v) is 13.3. The van der Waals surface area contributed by atoms with E-state index < -0.39 is 6.10 Å². The van der Waals surface area contributed by atoms with Crippen LogP contribution in [0.2, 0.25) is 0 Å². The minimum atomic E-state index is -0.537. The Morgan fingerprint density at radius 3 is 2.33 bits per heavy atom. The number of rotatable bonds is 10. The van der Waals surface area contributed by atoms with Gasteiger partial charge in [-0.05, 0) is 31.5 Å². The van der Waals surface area contributed by atoms with E-state index in [1.165, 1.54) is 0 Å². The highest BCUT2D eigenvalue weighted by molar-refractivity contribution is 5.28. The van der Waals surface area contributed by atoms with Gasteiger partial charge in [0.25, 0.3) is 0 Å². The molecule has 0 bridgehead atoms. The van der Waals surface area contributed by atoms with Gasteiger partial charge in [-0.1, -0.05) is 12.1 Å². The second kappa shape index (κ2) is 9.73. The summed E-state index contributed by atoms with van der Waals surface area (Å²) in [7, 11) is 3.28. The SMILES string of the molecule is COCC(C)OCC(O)CN[C@H](C)c1ccc(OC)cc1. The first kappa shape index (κ1) is 17.9. The molecule has 0 fully saturated rings. The Morgan fingerprint density at radius 2 is 1.76 bits per heavy atom. The molecule has 2 N–H and O–H groups in total. The molecule has 2 unspecified atom stereocenters. The van der Waals surface area contributed by atoms with Crippen molar-refractivity contribution in [3.05, 3.63) is 29.8 Å². The number of ether oxygens (including phenoxy) is 3. The molecule has 0 amide bonds. The van der Waals surface area contributed by atoms with Crippen LogP contribution in [0.1, 0.15) is 25.5 Å². The van der Waals surface area contributed by atoms with Gasteiger partial charge in [0.15, 0.2) is 0 Å². The van der Waals surface area contributed by atoms with Gasteiger partial charge in [0, 0.05) is 19.7 Å². The average molecular weight is 297 g/mol. The van der Waals surface area contributed by atoms with Crippen LogP contribution in [-0.2, 0) is 9.47 Å². The fourth-order valence-electron chi connectivity index (χ4n) is 1.94. The standard InChI is InChI=1S/C16H27NO4/c1-12(10-19-3)21-11-15(18)9-17-13(2)14-5-7-16(20-4)8-6-14/h5-8,12-13,15,17-18H,9-11H2,1-4H3/t12?,13-,15?/m1/s1. The summed E-state index contributed by atoms with van der Waals surface area (Å²) in [6.45, 7) is 5.29. The van der Waals surface area contributed by atoms with E-state index in [9.17, 15) is 5.11 Å². The van der Waals surface area contributed by atoms with Crippen molar-refractivity contribution < 1.29 is 19.3 Å². The van der Waals surface area contributed by atoms with Gasteiger partial charge in [-0.15, -0.1) is 0 Å². The van der Waals surface area contributed by atoms with Crippen LogP contribution in [-0.4, -0.2) is 51.3 Å². The van der Waals surface area contributed by atoms with Crippen LogP contribution in [0.15, 0.2) is 24.3 Å². The predicted octanol–water partition coefficient (Wildman–Crippen LogP) is 1.76. The second-order valence-electron chi connectivity index (χ2n) is 5.16. The van der Waals surface area contributed by atoms with Crippen LogP contribution in [0.25, 0.3) is 0 Å². The van der Waals surface area contributed by atoms with Gasteiger partial charge < -0.3 is 24.6 Å². The number of aliphatic hydroxyl groups excluding tert-OH is 1. The zero-order chi connectivity index (χ0) is 15.7. The monoisotopic (exact) mass is 297 g/mol. The molecule has 0 spiro atoms. The van der Waals surface area contributed by atoms with Crippen molar-refractivity contribution in [1.29, 1.82) is 0 Å². The molecule has 3 atom stereocenters. The third-order valence-electron chi connectivity index (χ3n) is 3.25. The van der Waals surface area contributed by atoms with Gasteiger partial charge in [0.05, 0.1) is 32.5 Å². The van der Waals surface area contributed by atoms with Crippen molar-refractivity contribution >= 4 is 0 Å². The summed E-state index contributed by atoms with van der Waals surface area (Å²) >= 11 is 0. The maximum Gasteiger partial charge on any atom is 0.118 e. The van der Waals surface area contributed by atoms with E-state index in [0.29, 0.717) is 19.8 Å². The highest BCUT2D eigenvalue weighted by Gasteiger charge is 2.11. The van der Waals surface area contributed by atoms with E-state index in [1.54, 1.807) is 14.2 Å². The van der Waals surface area contributed by atoms with Crippen molar-refractivity contribution in [3.63, 3.8) is 0 Å². The molecule has 1 aromatic carbocycles. The Balaban J connectivity index is 2.29. The van der Waals surface area contributed by atoms with Crippen molar-refractivity contribution in [1.82, 2.24) is 5.32 Å². The molecule has 21 heavy (non-hydrogen) atoms. The van der Waals surface area contributed by atoms with E-state index >= 15 is 0 Å². The molecule has 5 heteroatoms. The van der Waals surface area contributed by atoms with Gasteiger partial charge in [0.1, 0.15) is 5.75 Å². The van der Waals surface area contributed by atoms with Crippen LogP contribution < -0.4 is 10.1 Å². The Bertz CT molecular complexity index is 382. The Labute approximate surface area is 127 Å². The molecule has 1 rings (SSSR count). The maximum absolute atomic E-state index is 9.90. The highest BCUT2D eigenvalue weighted by atomic mass is 16.5. The first-order chi connectivity index (χ1) is 10.1. The molecule has 120 valence electrons. The normalized spacial score (nSPS) is 15.5.